The van der Waals surface area contributed by atoms with Gasteiger partial charge in [0.25, 0.3) is 0 Å². The zero-order valence-electron chi connectivity index (χ0n) is 6.49. The minimum Gasteiger partial charge on any atom is -0.282 e. The van der Waals surface area contributed by atoms with Crippen molar-refractivity contribution in [2.45, 2.75) is 23.8 Å². The van der Waals surface area contributed by atoms with Crippen molar-refractivity contribution >= 4 is 21.0 Å². The quantitative estimate of drug-likeness (QED) is 0.495. The topological polar surface area (TPSA) is 54.4 Å². The van der Waals surface area contributed by atoms with E-state index >= 15 is 0 Å². The molecule has 1 rings (SSSR count). The van der Waals surface area contributed by atoms with Crippen molar-refractivity contribution in [2.24, 2.45) is 0 Å². The Morgan fingerprint density at radius 3 is 2.45 bits per heavy atom. The van der Waals surface area contributed by atoms with Gasteiger partial charge in [-0.3, -0.25) is 4.55 Å². The van der Waals surface area contributed by atoms with E-state index < -0.39 is 14.7 Å². The Balaban J connectivity index is 2.70. The summed E-state index contributed by atoms with van der Waals surface area (Å²) in [5.74, 6) is 0.949. The highest BCUT2D eigenvalue weighted by molar-refractivity contribution is 8.09. The van der Waals surface area contributed by atoms with Gasteiger partial charge in [-0.15, -0.1) is 0 Å². The lowest BCUT2D eigenvalue weighted by Crippen LogP contribution is -2.34. The van der Waals surface area contributed by atoms with Gasteiger partial charge in [0.05, 0.1) is 6.26 Å². The Hall–Kier alpha value is 0.260. The van der Waals surface area contributed by atoms with Crippen LogP contribution < -0.4 is 0 Å². The highest BCUT2D eigenvalue weighted by Crippen LogP contribution is 2.23. The Kier molecular flexibility index (Phi) is 2.83. The molecule has 0 amide bonds. The van der Waals surface area contributed by atoms with Crippen LogP contribution in [-0.4, -0.2) is 29.6 Å². The third-order valence-electron chi connectivity index (χ3n) is 1.94. The number of hydrogen-bond donors (Lipinski definition) is 1. The van der Waals surface area contributed by atoms with Gasteiger partial charge in [-0.1, -0.05) is 0 Å². The summed E-state index contributed by atoms with van der Waals surface area (Å²) in [6, 6.07) is 0. The van der Waals surface area contributed by atoms with E-state index in [9.17, 15) is 8.42 Å². The SMILES string of the molecule is C[S+]1CCCCC1S(=O)(=O)O. The maximum atomic E-state index is 10.8. The van der Waals surface area contributed by atoms with Crippen LogP contribution in [0, 0.1) is 0 Å². The Morgan fingerprint density at radius 2 is 2.09 bits per heavy atom. The molecule has 0 bridgehead atoms. The van der Waals surface area contributed by atoms with E-state index in [4.69, 9.17) is 4.55 Å². The van der Waals surface area contributed by atoms with E-state index in [0.29, 0.717) is 6.42 Å². The molecule has 0 saturated carbocycles. The van der Waals surface area contributed by atoms with Gasteiger partial charge >= 0.3 is 10.1 Å². The van der Waals surface area contributed by atoms with Crippen LogP contribution in [0.5, 0.6) is 0 Å². The highest BCUT2D eigenvalue weighted by atomic mass is 32.3. The van der Waals surface area contributed by atoms with Crippen LogP contribution in [0.2, 0.25) is 0 Å². The van der Waals surface area contributed by atoms with Crippen molar-refractivity contribution in [3.63, 3.8) is 0 Å². The van der Waals surface area contributed by atoms with Gasteiger partial charge in [0.1, 0.15) is 5.75 Å². The molecule has 2 unspecified atom stereocenters. The average Bonchev–Trinajstić information content (AvgIpc) is 1.86. The molecule has 66 valence electrons. The Labute approximate surface area is 70.3 Å². The molecule has 2 atom stereocenters. The van der Waals surface area contributed by atoms with Gasteiger partial charge in [-0.2, -0.15) is 8.42 Å². The van der Waals surface area contributed by atoms with Gasteiger partial charge in [0.15, 0.2) is 0 Å². The molecule has 1 fully saturated rings. The first kappa shape index (κ1) is 9.35. The van der Waals surface area contributed by atoms with Crippen LogP contribution in [0.15, 0.2) is 0 Å². The van der Waals surface area contributed by atoms with Gasteiger partial charge < -0.3 is 0 Å². The van der Waals surface area contributed by atoms with Crippen LogP contribution in [0.4, 0.5) is 0 Å². The third-order valence-corrected chi connectivity index (χ3v) is 6.62. The van der Waals surface area contributed by atoms with Crippen molar-refractivity contribution < 1.29 is 13.0 Å². The molecule has 1 N–H and O–H groups in total. The molecule has 1 saturated heterocycles. The minimum atomic E-state index is -3.76. The second kappa shape index (κ2) is 3.33. The van der Waals surface area contributed by atoms with E-state index in [-0.39, 0.29) is 10.9 Å². The lowest BCUT2D eigenvalue weighted by atomic mass is 10.3. The molecular formula is C6H13O3S2+. The van der Waals surface area contributed by atoms with Crippen LogP contribution in [0.25, 0.3) is 0 Å². The van der Waals surface area contributed by atoms with Gasteiger partial charge in [-0.25, -0.2) is 0 Å². The molecule has 1 aliphatic rings. The van der Waals surface area contributed by atoms with Gasteiger partial charge in [0, 0.05) is 17.3 Å². The van der Waals surface area contributed by atoms with E-state index in [0.717, 1.165) is 18.6 Å². The smallest absolute Gasteiger partial charge is 0.282 e. The summed E-state index contributed by atoms with van der Waals surface area (Å²) >= 11 is 0. The average molecular weight is 197 g/mol. The standard InChI is InChI=1S/C6H12O3S2/c1-10-5-3-2-4-6(10)11(7,8)9/h6H,2-5H2,1H3/p+1. The first-order chi connectivity index (χ1) is 5.02. The molecule has 0 spiro atoms. The summed E-state index contributed by atoms with van der Waals surface area (Å²) in [4.78, 5) is 0. The molecule has 0 aromatic rings. The minimum absolute atomic E-state index is 0.135. The molecule has 3 nitrogen and oxygen atoms in total. The van der Waals surface area contributed by atoms with E-state index in [1.165, 1.54) is 0 Å². The second-order valence-electron chi connectivity index (χ2n) is 2.84. The first-order valence-electron chi connectivity index (χ1n) is 3.59. The summed E-state index contributed by atoms with van der Waals surface area (Å²) in [5.41, 5.74) is 0. The second-order valence-corrected chi connectivity index (χ2v) is 7.09. The summed E-state index contributed by atoms with van der Waals surface area (Å²) in [6.07, 6.45) is 4.59. The predicted molar refractivity (Wildman–Crippen MR) is 47.3 cm³/mol. The van der Waals surface area contributed by atoms with Crippen molar-refractivity contribution in [3.8, 4) is 0 Å². The maximum absolute atomic E-state index is 10.8. The fourth-order valence-electron chi connectivity index (χ4n) is 1.33. The van der Waals surface area contributed by atoms with E-state index in [1.807, 2.05) is 6.26 Å². The Morgan fingerprint density at radius 1 is 1.45 bits per heavy atom. The van der Waals surface area contributed by atoms with Crippen LogP contribution in [0.3, 0.4) is 0 Å². The molecule has 0 radical (unpaired) electrons. The largest absolute Gasteiger partial charge is 0.314 e. The monoisotopic (exact) mass is 197 g/mol. The molecule has 1 aliphatic heterocycles. The normalized spacial score (nSPS) is 33.6. The fraction of sp³-hybridized carbons (Fsp3) is 1.00. The molecule has 5 heteroatoms. The van der Waals surface area contributed by atoms with Crippen molar-refractivity contribution in [1.29, 1.82) is 0 Å². The zero-order valence-corrected chi connectivity index (χ0v) is 8.12. The third kappa shape index (κ3) is 2.35. The van der Waals surface area contributed by atoms with Crippen molar-refractivity contribution in [1.82, 2.24) is 0 Å². The lowest BCUT2D eigenvalue weighted by molar-refractivity contribution is 0.474. The molecule has 11 heavy (non-hydrogen) atoms. The molecule has 0 aromatic carbocycles. The molecule has 0 aromatic heterocycles. The van der Waals surface area contributed by atoms with Crippen LogP contribution >= 0.6 is 0 Å². The molecule has 0 aliphatic carbocycles. The van der Waals surface area contributed by atoms with Crippen LogP contribution in [0.1, 0.15) is 19.3 Å². The Bertz CT molecular complexity index is 222. The predicted octanol–water partition coefficient (Wildman–Crippen LogP) is 0.632. The zero-order chi connectivity index (χ0) is 8.48. The van der Waals surface area contributed by atoms with E-state index in [2.05, 4.69) is 0 Å². The van der Waals surface area contributed by atoms with Gasteiger partial charge in [-0.05, 0) is 12.8 Å². The maximum Gasteiger partial charge on any atom is 0.314 e. The lowest BCUT2D eigenvalue weighted by Gasteiger charge is -2.17. The van der Waals surface area contributed by atoms with E-state index in [1.54, 1.807) is 0 Å². The first-order valence-corrected chi connectivity index (χ1v) is 6.96. The van der Waals surface area contributed by atoms with Crippen LogP contribution in [-0.2, 0) is 21.0 Å². The fourth-order valence-corrected chi connectivity index (χ4v) is 5.24. The summed E-state index contributed by atoms with van der Waals surface area (Å²) in [7, 11) is -3.90. The van der Waals surface area contributed by atoms with Crippen molar-refractivity contribution in [3.05, 3.63) is 0 Å². The summed E-state index contributed by atoms with van der Waals surface area (Å²) in [6.45, 7) is 0. The van der Waals surface area contributed by atoms with Gasteiger partial charge in [0.2, 0.25) is 4.58 Å². The number of hydrogen-bond acceptors (Lipinski definition) is 2. The highest BCUT2D eigenvalue weighted by Gasteiger charge is 2.39. The summed E-state index contributed by atoms with van der Waals surface area (Å²) < 4.78 is 29.8. The molecule has 1 heterocycles. The summed E-state index contributed by atoms with van der Waals surface area (Å²) in [5, 5.41) is 0. The molecular weight excluding hydrogens is 184 g/mol. The van der Waals surface area contributed by atoms with Crippen molar-refractivity contribution in [2.75, 3.05) is 12.0 Å². The number of rotatable bonds is 1.